The minimum atomic E-state index is -0.0218. The summed E-state index contributed by atoms with van der Waals surface area (Å²) in [4.78, 5) is 16.8. The summed E-state index contributed by atoms with van der Waals surface area (Å²) in [6.07, 6.45) is 2.08. The van der Waals surface area contributed by atoms with Crippen LogP contribution < -0.4 is 10.6 Å². The van der Waals surface area contributed by atoms with Crippen LogP contribution in [0.3, 0.4) is 0 Å². The molecule has 5 heteroatoms. The lowest BCUT2D eigenvalue weighted by Crippen LogP contribution is -2.29. The minimum absolute atomic E-state index is 0.0218. The minimum Gasteiger partial charge on any atom is -0.370 e. The number of pyridine rings is 1. The molecule has 0 aromatic carbocycles. The summed E-state index contributed by atoms with van der Waals surface area (Å²) >= 11 is 1.80. The van der Waals surface area contributed by atoms with Gasteiger partial charge >= 0.3 is 0 Å². The molecule has 1 atom stereocenters. The first kappa shape index (κ1) is 17.8. The van der Waals surface area contributed by atoms with E-state index in [4.69, 9.17) is 0 Å². The fourth-order valence-electron chi connectivity index (χ4n) is 1.96. The van der Waals surface area contributed by atoms with Crippen molar-refractivity contribution >= 4 is 23.5 Å². The van der Waals surface area contributed by atoms with Crippen molar-refractivity contribution in [1.29, 1.82) is 0 Å². The Morgan fingerprint density at radius 3 is 2.62 bits per heavy atom. The van der Waals surface area contributed by atoms with Gasteiger partial charge in [-0.15, -0.1) is 0 Å². The van der Waals surface area contributed by atoms with Crippen LogP contribution in [-0.2, 0) is 0 Å². The first-order valence-corrected chi connectivity index (χ1v) is 8.90. The lowest BCUT2D eigenvalue weighted by Gasteiger charge is -2.14. The van der Waals surface area contributed by atoms with Gasteiger partial charge in [0, 0.05) is 24.3 Å². The van der Waals surface area contributed by atoms with Gasteiger partial charge in [0.15, 0.2) is 0 Å². The van der Waals surface area contributed by atoms with E-state index in [-0.39, 0.29) is 5.91 Å². The molecule has 1 aromatic heterocycles. The first-order chi connectivity index (χ1) is 9.97. The van der Waals surface area contributed by atoms with E-state index in [1.165, 1.54) is 0 Å². The van der Waals surface area contributed by atoms with Crippen LogP contribution in [0.1, 0.15) is 49.7 Å². The fourth-order valence-corrected chi connectivity index (χ4v) is 2.65. The zero-order valence-corrected chi connectivity index (χ0v) is 14.5. The van der Waals surface area contributed by atoms with Crippen molar-refractivity contribution in [2.24, 2.45) is 5.92 Å². The molecule has 0 aliphatic carbocycles. The van der Waals surface area contributed by atoms with E-state index in [2.05, 4.69) is 42.6 Å². The van der Waals surface area contributed by atoms with Crippen molar-refractivity contribution in [3.63, 3.8) is 0 Å². The third-order valence-electron chi connectivity index (χ3n) is 3.12. The summed E-state index contributed by atoms with van der Waals surface area (Å²) < 4.78 is 0. The van der Waals surface area contributed by atoms with Gasteiger partial charge < -0.3 is 10.6 Å². The predicted molar refractivity (Wildman–Crippen MR) is 92.4 cm³/mol. The van der Waals surface area contributed by atoms with Crippen molar-refractivity contribution in [2.75, 3.05) is 30.4 Å². The van der Waals surface area contributed by atoms with Crippen molar-refractivity contribution in [3.05, 3.63) is 23.4 Å². The second-order valence-corrected chi connectivity index (χ2v) is 6.53. The standard InChI is InChI=1S/C16H27N3OS/c1-6-17-15-8-13(7-14(19-15)11(2)3)16(20)18-9-12(4)10-21-5/h7-8,11-12H,6,9-10H2,1-5H3,(H,17,19)(H,18,20). The molecule has 0 aliphatic rings. The Bertz CT molecular complexity index is 463. The van der Waals surface area contributed by atoms with E-state index < -0.39 is 0 Å². The Labute approximate surface area is 132 Å². The SMILES string of the molecule is CCNc1cc(C(=O)NCC(C)CSC)cc(C(C)C)n1. The maximum absolute atomic E-state index is 12.3. The summed E-state index contributed by atoms with van der Waals surface area (Å²) in [6, 6.07) is 3.71. The summed E-state index contributed by atoms with van der Waals surface area (Å²) in [5, 5.41) is 6.20. The second-order valence-electron chi connectivity index (χ2n) is 5.62. The number of aromatic nitrogens is 1. The van der Waals surface area contributed by atoms with Gasteiger partial charge in [-0.05, 0) is 42.9 Å². The van der Waals surface area contributed by atoms with Gasteiger partial charge in [-0.1, -0.05) is 20.8 Å². The molecule has 1 amide bonds. The van der Waals surface area contributed by atoms with Crippen molar-refractivity contribution < 1.29 is 4.79 Å². The number of hydrogen-bond acceptors (Lipinski definition) is 4. The normalized spacial score (nSPS) is 12.3. The van der Waals surface area contributed by atoms with Gasteiger partial charge in [0.25, 0.3) is 5.91 Å². The Morgan fingerprint density at radius 2 is 2.05 bits per heavy atom. The zero-order valence-electron chi connectivity index (χ0n) is 13.7. The van der Waals surface area contributed by atoms with E-state index in [1.807, 2.05) is 19.1 Å². The van der Waals surface area contributed by atoms with Crippen molar-refractivity contribution in [1.82, 2.24) is 10.3 Å². The molecule has 0 fully saturated rings. The Balaban J connectivity index is 2.82. The van der Waals surface area contributed by atoms with Crippen LogP contribution in [0.2, 0.25) is 0 Å². The van der Waals surface area contributed by atoms with Crippen LogP contribution >= 0.6 is 11.8 Å². The molecule has 0 saturated heterocycles. The molecule has 0 radical (unpaired) electrons. The summed E-state index contributed by atoms with van der Waals surface area (Å²) in [6.45, 7) is 9.83. The highest BCUT2D eigenvalue weighted by Crippen LogP contribution is 2.17. The van der Waals surface area contributed by atoms with Gasteiger partial charge in [-0.25, -0.2) is 4.98 Å². The smallest absolute Gasteiger partial charge is 0.251 e. The topological polar surface area (TPSA) is 54.0 Å². The number of carbonyl (C=O) groups excluding carboxylic acids is 1. The second kappa shape index (κ2) is 8.93. The number of nitrogens with one attached hydrogen (secondary N) is 2. The van der Waals surface area contributed by atoms with E-state index in [1.54, 1.807) is 11.8 Å². The molecule has 118 valence electrons. The maximum atomic E-state index is 12.3. The molecule has 0 bridgehead atoms. The molecule has 4 nitrogen and oxygen atoms in total. The molecule has 1 rings (SSSR count). The quantitative estimate of drug-likeness (QED) is 0.773. The molecular weight excluding hydrogens is 282 g/mol. The number of hydrogen-bond donors (Lipinski definition) is 2. The van der Waals surface area contributed by atoms with E-state index in [0.717, 1.165) is 23.8 Å². The monoisotopic (exact) mass is 309 g/mol. The van der Waals surface area contributed by atoms with Gasteiger partial charge in [0.05, 0.1) is 0 Å². The third kappa shape index (κ3) is 5.96. The van der Waals surface area contributed by atoms with E-state index in [0.29, 0.717) is 23.9 Å². The molecular formula is C16H27N3OS. The molecule has 0 saturated carbocycles. The average Bonchev–Trinajstić information content (AvgIpc) is 2.45. The number of anilines is 1. The van der Waals surface area contributed by atoms with E-state index in [9.17, 15) is 4.79 Å². The Kier molecular flexibility index (Phi) is 7.57. The molecule has 1 aromatic rings. The number of thioether (sulfide) groups is 1. The number of amides is 1. The fraction of sp³-hybridized carbons (Fsp3) is 0.625. The number of rotatable bonds is 8. The van der Waals surface area contributed by atoms with Crippen LogP contribution in [0.15, 0.2) is 12.1 Å². The predicted octanol–water partition coefficient (Wildman–Crippen LogP) is 3.37. The maximum Gasteiger partial charge on any atom is 0.251 e. The lowest BCUT2D eigenvalue weighted by atomic mass is 10.1. The van der Waals surface area contributed by atoms with Gasteiger partial charge in [0.2, 0.25) is 0 Å². The van der Waals surface area contributed by atoms with Gasteiger partial charge in [-0.3, -0.25) is 4.79 Å². The van der Waals surface area contributed by atoms with Crippen molar-refractivity contribution in [2.45, 2.75) is 33.6 Å². The highest BCUT2D eigenvalue weighted by molar-refractivity contribution is 7.98. The number of nitrogens with zero attached hydrogens (tertiary/aromatic N) is 1. The van der Waals surface area contributed by atoms with E-state index >= 15 is 0 Å². The molecule has 2 N–H and O–H groups in total. The number of carbonyl (C=O) groups is 1. The van der Waals surface area contributed by atoms with Crippen molar-refractivity contribution in [3.8, 4) is 0 Å². The molecule has 1 heterocycles. The highest BCUT2D eigenvalue weighted by Gasteiger charge is 2.12. The highest BCUT2D eigenvalue weighted by atomic mass is 32.2. The molecule has 1 unspecified atom stereocenters. The Morgan fingerprint density at radius 1 is 1.33 bits per heavy atom. The first-order valence-electron chi connectivity index (χ1n) is 7.50. The average molecular weight is 309 g/mol. The summed E-state index contributed by atoms with van der Waals surface area (Å²) in [5.74, 6) is 2.57. The summed E-state index contributed by atoms with van der Waals surface area (Å²) in [7, 11) is 0. The molecule has 0 aliphatic heterocycles. The zero-order chi connectivity index (χ0) is 15.8. The lowest BCUT2D eigenvalue weighted by molar-refractivity contribution is 0.0949. The van der Waals surface area contributed by atoms with Crippen LogP contribution in [0.4, 0.5) is 5.82 Å². The largest absolute Gasteiger partial charge is 0.370 e. The summed E-state index contributed by atoms with van der Waals surface area (Å²) in [5.41, 5.74) is 1.62. The van der Waals surface area contributed by atoms with Crippen LogP contribution in [-0.4, -0.2) is 36.0 Å². The van der Waals surface area contributed by atoms with Crippen LogP contribution in [0.5, 0.6) is 0 Å². The Hall–Kier alpha value is -1.23. The molecule has 0 spiro atoms. The van der Waals surface area contributed by atoms with Gasteiger partial charge in [-0.2, -0.15) is 11.8 Å². The van der Waals surface area contributed by atoms with Crippen LogP contribution in [0.25, 0.3) is 0 Å². The van der Waals surface area contributed by atoms with Gasteiger partial charge in [0.1, 0.15) is 5.82 Å². The third-order valence-corrected chi connectivity index (χ3v) is 4.02. The van der Waals surface area contributed by atoms with Crippen LogP contribution in [0, 0.1) is 5.92 Å². The molecule has 21 heavy (non-hydrogen) atoms.